The lowest BCUT2D eigenvalue weighted by Crippen LogP contribution is -2.11. The molecule has 0 heterocycles. The first-order valence-electron chi connectivity index (χ1n) is 6.78. The lowest BCUT2D eigenvalue weighted by molar-refractivity contribution is -0.140. The summed E-state index contributed by atoms with van der Waals surface area (Å²) < 4.78 is 11.2. The number of hydrogen-bond donors (Lipinski definition) is 0. The second kappa shape index (κ2) is 6.91. The van der Waals surface area contributed by atoms with Gasteiger partial charge in [-0.25, -0.2) is 0 Å². The van der Waals surface area contributed by atoms with Gasteiger partial charge in [-0.1, -0.05) is 45.0 Å². The Balaban J connectivity index is 2.73. The fourth-order valence-corrected chi connectivity index (χ4v) is 1.95. The SMILES string of the molecule is CCOC(OCC)c1ccc(CC(C)(C)C)cc1. The molecule has 18 heavy (non-hydrogen) atoms. The van der Waals surface area contributed by atoms with Crippen LogP contribution >= 0.6 is 0 Å². The average Bonchev–Trinajstić information content (AvgIpc) is 2.28. The van der Waals surface area contributed by atoms with Crippen molar-refractivity contribution < 1.29 is 9.47 Å². The number of rotatable bonds is 6. The summed E-state index contributed by atoms with van der Waals surface area (Å²) >= 11 is 0. The smallest absolute Gasteiger partial charge is 0.183 e. The highest BCUT2D eigenvalue weighted by Gasteiger charge is 2.13. The number of benzene rings is 1. The van der Waals surface area contributed by atoms with E-state index in [1.54, 1.807) is 0 Å². The van der Waals surface area contributed by atoms with Gasteiger partial charge in [-0.15, -0.1) is 0 Å². The summed E-state index contributed by atoms with van der Waals surface area (Å²) in [6.45, 7) is 12.1. The van der Waals surface area contributed by atoms with Crippen molar-refractivity contribution in [1.29, 1.82) is 0 Å². The van der Waals surface area contributed by atoms with Gasteiger partial charge >= 0.3 is 0 Å². The Kier molecular flexibility index (Phi) is 5.83. The normalized spacial score (nSPS) is 12.1. The average molecular weight is 250 g/mol. The molecule has 0 unspecified atom stereocenters. The largest absolute Gasteiger partial charge is 0.349 e. The maximum absolute atomic E-state index is 5.59. The van der Waals surface area contributed by atoms with Gasteiger partial charge in [-0.3, -0.25) is 0 Å². The molecule has 0 atom stereocenters. The zero-order valence-electron chi connectivity index (χ0n) is 12.3. The molecule has 1 rings (SSSR count). The van der Waals surface area contributed by atoms with Gasteiger partial charge in [0.15, 0.2) is 6.29 Å². The van der Waals surface area contributed by atoms with Gasteiger partial charge < -0.3 is 9.47 Å². The fourth-order valence-electron chi connectivity index (χ4n) is 1.95. The van der Waals surface area contributed by atoms with Crippen LogP contribution in [0, 0.1) is 5.41 Å². The van der Waals surface area contributed by atoms with Crippen LogP contribution in [0.25, 0.3) is 0 Å². The molecule has 1 aromatic rings. The molecule has 2 nitrogen and oxygen atoms in total. The van der Waals surface area contributed by atoms with Crippen LogP contribution in [-0.4, -0.2) is 13.2 Å². The molecule has 102 valence electrons. The van der Waals surface area contributed by atoms with E-state index >= 15 is 0 Å². The molecule has 0 saturated carbocycles. The minimum absolute atomic E-state index is 0.233. The van der Waals surface area contributed by atoms with Crippen molar-refractivity contribution in [3.05, 3.63) is 35.4 Å². The van der Waals surface area contributed by atoms with Gasteiger partial charge in [0.05, 0.1) is 0 Å². The van der Waals surface area contributed by atoms with E-state index in [1.165, 1.54) is 5.56 Å². The van der Waals surface area contributed by atoms with E-state index in [1.807, 2.05) is 13.8 Å². The molecule has 0 amide bonds. The van der Waals surface area contributed by atoms with Crippen LogP contribution in [0.15, 0.2) is 24.3 Å². The summed E-state index contributed by atoms with van der Waals surface area (Å²) in [5.74, 6) is 0. The van der Waals surface area contributed by atoms with E-state index in [9.17, 15) is 0 Å². The number of hydrogen-bond acceptors (Lipinski definition) is 2. The molecule has 0 saturated heterocycles. The van der Waals surface area contributed by atoms with Gasteiger partial charge in [0, 0.05) is 18.8 Å². The molecular weight excluding hydrogens is 224 g/mol. The highest BCUT2D eigenvalue weighted by atomic mass is 16.7. The predicted molar refractivity (Wildman–Crippen MR) is 75.6 cm³/mol. The molecule has 0 bridgehead atoms. The van der Waals surface area contributed by atoms with Crippen LogP contribution in [0.2, 0.25) is 0 Å². The van der Waals surface area contributed by atoms with Crippen molar-refractivity contribution in [2.45, 2.75) is 47.3 Å². The van der Waals surface area contributed by atoms with Gasteiger partial charge in [-0.05, 0) is 31.2 Å². The molecule has 2 heteroatoms. The molecule has 0 aliphatic heterocycles. The van der Waals surface area contributed by atoms with E-state index in [0.717, 1.165) is 12.0 Å². The standard InChI is InChI=1S/C16H26O2/c1-6-17-15(18-7-2)14-10-8-13(9-11-14)12-16(3,4)5/h8-11,15H,6-7,12H2,1-5H3. The summed E-state index contributed by atoms with van der Waals surface area (Å²) in [5, 5.41) is 0. The van der Waals surface area contributed by atoms with Crippen LogP contribution in [0.3, 0.4) is 0 Å². The molecule has 1 aromatic carbocycles. The van der Waals surface area contributed by atoms with Crippen LogP contribution in [0.5, 0.6) is 0 Å². The molecule has 0 aliphatic carbocycles. The second-order valence-corrected chi connectivity index (χ2v) is 5.72. The van der Waals surface area contributed by atoms with E-state index in [4.69, 9.17) is 9.47 Å². The summed E-state index contributed by atoms with van der Waals surface area (Å²) in [6, 6.07) is 8.56. The van der Waals surface area contributed by atoms with Crippen LogP contribution in [0.4, 0.5) is 0 Å². The minimum Gasteiger partial charge on any atom is -0.349 e. The monoisotopic (exact) mass is 250 g/mol. The van der Waals surface area contributed by atoms with Gasteiger partial charge in [0.1, 0.15) is 0 Å². The maximum atomic E-state index is 5.59. The van der Waals surface area contributed by atoms with Crippen molar-refractivity contribution >= 4 is 0 Å². The Morgan fingerprint density at radius 1 is 0.944 bits per heavy atom. The van der Waals surface area contributed by atoms with Crippen molar-refractivity contribution in [3.8, 4) is 0 Å². The highest BCUT2D eigenvalue weighted by Crippen LogP contribution is 2.23. The summed E-state index contributed by atoms with van der Waals surface area (Å²) in [6.07, 6.45) is 0.852. The zero-order valence-corrected chi connectivity index (χ0v) is 12.3. The van der Waals surface area contributed by atoms with Gasteiger partial charge in [0.25, 0.3) is 0 Å². The summed E-state index contributed by atoms with van der Waals surface area (Å²) in [4.78, 5) is 0. The quantitative estimate of drug-likeness (QED) is 0.699. The van der Waals surface area contributed by atoms with Crippen LogP contribution in [0.1, 0.15) is 52.0 Å². The fraction of sp³-hybridized carbons (Fsp3) is 0.625. The molecular formula is C16H26O2. The Morgan fingerprint density at radius 3 is 1.83 bits per heavy atom. The molecule has 0 radical (unpaired) electrons. The lowest BCUT2D eigenvalue weighted by atomic mass is 9.88. The van der Waals surface area contributed by atoms with Gasteiger partial charge in [-0.2, -0.15) is 0 Å². The Bertz CT molecular complexity index is 329. The zero-order chi connectivity index (χ0) is 13.6. The van der Waals surface area contributed by atoms with Crippen LogP contribution < -0.4 is 0 Å². The van der Waals surface area contributed by atoms with Crippen molar-refractivity contribution in [2.24, 2.45) is 5.41 Å². The third kappa shape index (κ3) is 5.19. The van der Waals surface area contributed by atoms with E-state index in [2.05, 4.69) is 45.0 Å². The first kappa shape index (κ1) is 15.2. The van der Waals surface area contributed by atoms with Crippen molar-refractivity contribution in [3.63, 3.8) is 0 Å². The van der Waals surface area contributed by atoms with Gasteiger partial charge in [0.2, 0.25) is 0 Å². The highest BCUT2D eigenvalue weighted by molar-refractivity contribution is 5.24. The first-order valence-corrected chi connectivity index (χ1v) is 6.78. The number of ether oxygens (including phenoxy) is 2. The third-order valence-electron chi connectivity index (χ3n) is 2.62. The van der Waals surface area contributed by atoms with Crippen molar-refractivity contribution in [2.75, 3.05) is 13.2 Å². The Morgan fingerprint density at radius 2 is 1.44 bits per heavy atom. The molecule has 0 aliphatic rings. The molecule has 0 N–H and O–H groups in total. The Hall–Kier alpha value is -0.860. The lowest BCUT2D eigenvalue weighted by Gasteiger charge is -2.20. The second-order valence-electron chi connectivity index (χ2n) is 5.72. The predicted octanol–water partition coefficient (Wildman–Crippen LogP) is 4.35. The molecule has 0 aromatic heterocycles. The van der Waals surface area contributed by atoms with E-state index < -0.39 is 0 Å². The van der Waals surface area contributed by atoms with E-state index in [-0.39, 0.29) is 6.29 Å². The summed E-state index contributed by atoms with van der Waals surface area (Å²) in [7, 11) is 0. The minimum atomic E-state index is -0.233. The third-order valence-corrected chi connectivity index (χ3v) is 2.62. The molecule has 0 spiro atoms. The Labute approximate surface area is 111 Å². The maximum Gasteiger partial charge on any atom is 0.183 e. The van der Waals surface area contributed by atoms with Crippen molar-refractivity contribution in [1.82, 2.24) is 0 Å². The summed E-state index contributed by atoms with van der Waals surface area (Å²) in [5.41, 5.74) is 2.77. The topological polar surface area (TPSA) is 18.5 Å². The molecule has 0 fully saturated rings. The van der Waals surface area contributed by atoms with E-state index in [0.29, 0.717) is 18.6 Å². The first-order chi connectivity index (χ1) is 8.46. The van der Waals surface area contributed by atoms with Crippen LogP contribution in [-0.2, 0) is 15.9 Å².